The number of nitrogens with one attached hydrogen (secondary N) is 2. The Bertz CT molecular complexity index is 460. The van der Waals surface area contributed by atoms with E-state index in [0.717, 1.165) is 9.35 Å². The molecule has 5 nitrogen and oxygen atoms in total. The molecule has 1 rings (SSSR count). The number of carbonyl (C=O) groups is 2. The summed E-state index contributed by atoms with van der Waals surface area (Å²) in [5, 5.41) is 7.11. The molecular weight excluding hydrogens is 332 g/mol. The van der Waals surface area contributed by atoms with Crippen LogP contribution in [0.3, 0.4) is 0 Å². The molecule has 0 aromatic carbocycles. The topological polar surface area (TPSA) is 67.4 Å². The average Bonchev–Trinajstić information content (AvgIpc) is 2.78. The molecule has 2 amide bonds. The fourth-order valence-corrected chi connectivity index (χ4v) is 2.32. The quantitative estimate of drug-likeness (QED) is 0.613. The van der Waals surface area contributed by atoms with Crippen molar-refractivity contribution in [3.05, 3.63) is 26.9 Å². The summed E-state index contributed by atoms with van der Waals surface area (Å²) in [6.07, 6.45) is 2.71. The first kappa shape index (κ1) is 15.7. The van der Waals surface area contributed by atoms with Gasteiger partial charge in [-0.2, -0.15) is 0 Å². The second kappa shape index (κ2) is 8.71. The lowest BCUT2D eigenvalue weighted by Crippen LogP contribution is -2.34. The van der Waals surface area contributed by atoms with Crippen molar-refractivity contribution < 1.29 is 14.3 Å². The highest BCUT2D eigenvalue weighted by Crippen LogP contribution is 2.21. The monoisotopic (exact) mass is 346 g/mol. The summed E-state index contributed by atoms with van der Waals surface area (Å²) in [7, 11) is 0. The van der Waals surface area contributed by atoms with Crippen molar-refractivity contribution in [1.29, 1.82) is 0 Å². The number of ether oxygens (including phenoxy) is 1. The van der Waals surface area contributed by atoms with Gasteiger partial charge < -0.3 is 15.4 Å². The van der Waals surface area contributed by atoms with Gasteiger partial charge in [0.25, 0.3) is 0 Å². The molecule has 0 saturated heterocycles. The molecule has 19 heavy (non-hydrogen) atoms. The summed E-state index contributed by atoms with van der Waals surface area (Å²) in [6.45, 7) is 2.75. The Kier molecular flexibility index (Phi) is 7.20. The van der Waals surface area contributed by atoms with Crippen LogP contribution in [0.15, 0.2) is 21.3 Å². The van der Waals surface area contributed by atoms with Gasteiger partial charge in [0.2, 0.25) is 5.91 Å². The first-order valence-corrected chi connectivity index (χ1v) is 7.39. The van der Waals surface area contributed by atoms with E-state index in [2.05, 4.69) is 31.3 Å². The predicted molar refractivity (Wildman–Crippen MR) is 79.1 cm³/mol. The highest BCUT2D eigenvalue weighted by molar-refractivity contribution is 9.11. The van der Waals surface area contributed by atoms with Gasteiger partial charge in [-0.25, -0.2) is 4.79 Å². The molecule has 0 fully saturated rings. The maximum atomic E-state index is 11.4. The van der Waals surface area contributed by atoms with Gasteiger partial charge in [0, 0.05) is 19.2 Å². The van der Waals surface area contributed by atoms with Crippen molar-refractivity contribution in [1.82, 2.24) is 10.6 Å². The van der Waals surface area contributed by atoms with E-state index < -0.39 is 6.09 Å². The zero-order valence-corrected chi connectivity index (χ0v) is 12.8. The van der Waals surface area contributed by atoms with Gasteiger partial charge in [0.05, 0.1) is 10.4 Å². The molecule has 104 valence electrons. The molecule has 1 aromatic heterocycles. The van der Waals surface area contributed by atoms with Crippen LogP contribution in [0.25, 0.3) is 6.08 Å². The molecule has 0 aliphatic heterocycles. The molecule has 0 bridgehead atoms. The van der Waals surface area contributed by atoms with E-state index in [1.54, 1.807) is 24.3 Å². The Morgan fingerprint density at radius 1 is 1.42 bits per heavy atom. The summed E-state index contributed by atoms with van der Waals surface area (Å²) in [6, 6.07) is 1.93. The van der Waals surface area contributed by atoms with Gasteiger partial charge in [-0.3, -0.25) is 4.79 Å². The van der Waals surface area contributed by atoms with Gasteiger partial charge in [-0.1, -0.05) is 0 Å². The number of alkyl carbamates (subject to hydrolysis) is 1. The Balaban J connectivity index is 2.18. The number of hydrogen-bond acceptors (Lipinski definition) is 4. The Morgan fingerprint density at radius 2 is 2.16 bits per heavy atom. The molecule has 1 aromatic rings. The van der Waals surface area contributed by atoms with Crippen LogP contribution < -0.4 is 10.6 Å². The first-order valence-electron chi connectivity index (χ1n) is 5.72. The van der Waals surface area contributed by atoms with Crippen LogP contribution >= 0.6 is 27.3 Å². The molecule has 0 aliphatic rings. The molecular formula is C12H15BrN2O3S. The molecule has 0 radical (unpaired) electrons. The predicted octanol–water partition coefficient (Wildman–Crippen LogP) is 2.39. The van der Waals surface area contributed by atoms with Crippen molar-refractivity contribution in [3.8, 4) is 0 Å². The second-order valence-corrected chi connectivity index (χ2v) is 5.75. The van der Waals surface area contributed by atoms with Crippen molar-refractivity contribution in [2.24, 2.45) is 0 Å². The number of halogens is 1. The van der Waals surface area contributed by atoms with E-state index in [-0.39, 0.29) is 5.91 Å². The summed E-state index contributed by atoms with van der Waals surface area (Å²) in [5.41, 5.74) is 0.969. The van der Waals surface area contributed by atoms with Crippen LogP contribution in [0, 0.1) is 0 Å². The van der Waals surface area contributed by atoms with Crippen molar-refractivity contribution in [2.45, 2.75) is 6.92 Å². The standard InChI is InChI=1S/C12H15BrN2O3S/c1-2-18-12(17)15-6-5-14-11(16)4-3-9-7-10(13)19-8-9/h3-4,7-8H,2,5-6H2,1H3,(H,14,16)(H,15,17)/b4-3-. The summed E-state index contributed by atoms with van der Waals surface area (Å²) >= 11 is 4.91. The van der Waals surface area contributed by atoms with Gasteiger partial charge in [-0.15, -0.1) is 11.3 Å². The van der Waals surface area contributed by atoms with Gasteiger partial charge in [0.1, 0.15) is 0 Å². The molecule has 7 heteroatoms. The normalized spacial score (nSPS) is 10.4. The third-order valence-electron chi connectivity index (χ3n) is 1.98. The molecule has 0 saturated carbocycles. The molecule has 0 unspecified atom stereocenters. The van der Waals surface area contributed by atoms with Crippen LogP contribution in [-0.2, 0) is 9.53 Å². The van der Waals surface area contributed by atoms with Gasteiger partial charge in [-0.05, 0) is 45.9 Å². The van der Waals surface area contributed by atoms with Crippen molar-refractivity contribution in [2.75, 3.05) is 19.7 Å². The molecule has 1 heterocycles. The summed E-state index contributed by atoms with van der Waals surface area (Å²) in [5.74, 6) is -0.201. The average molecular weight is 347 g/mol. The van der Waals surface area contributed by atoms with Gasteiger partial charge >= 0.3 is 6.09 Å². The van der Waals surface area contributed by atoms with Crippen LogP contribution in [-0.4, -0.2) is 31.7 Å². The van der Waals surface area contributed by atoms with E-state index in [0.29, 0.717) is 19.7 Å². The smallest absolute Gasteiger partial charge is 0.407 e. The Hall–Kier alpha value is -1.34. The number of amides is 2. The molecule has 0 aliphatic carbocycles. The van der Waals surface area contributed by atoms with Gasteiger partial charge in [0.15, 0.2) is 0 Å². The number of carbonyl (C=O) groups excluding carboxylic acids is 2. The highest BCUT2D eigenvalue weighted by atomic mass is 79.9. The Labute approximate surface area is 124 Å². The zero-order chi connectivity index (χ0) is 14.1. The van der Waals surface area contributed by atoms with E-state index >= 15 is 0 Å². The largest absolute Gasteiger partial charge is 0.450 e. The van der Waals surface area contributed by atoms with Crippen molar-refractivity contribution in [3.63, 3.8) is 0 Å². The fraction of sp³-hybridized carbons (Fsp3) is 0.333. The summed E-state index contributed by atoms with van der Waals surface area (Å²) < 4.78 is 5.70. The zero-order valence-electron chi connectivity index (χ0n) is 10.4. The Morgan fingerprint density at radius 3 is 2.79 bits per heavy atom. The minimum absolute atomic E-state index is 0.201. The molecule has 0 spiro atoms. The van der Waals surface area contributed by atoms with E-state index in [4.69, 9.17) is 0 Å². The van der Waals surface area contributed by atoms with E-state index in [9.17, 15) is 9.59 Å². The van der Waals surface area contributed by atoms with E-state index in [1.807, 2.05) is 11.4 Å². The van der Waals surface area contributed by atoms with Crippen LogP contribution in [0.2, 0.25) is 0 Å². The third-order valence-corrected chi connectivity index (χ3v) is 3.51. The lowest BCUT2D eigenvalue weighted by molar-refractivity contribution is -0.116. The number of rotatable bonds is 6. The lowest BCUT2D eigenvalue weighted by Gasteiger charge is -2.05. The minimum atomic E-state index is -0.476. The van der Waals surface area contributed by atoms with Crippen LogP contribution in [0.4, 0.5) is 4.79 Å². The lowest BCUT2D eigenvalue weighted by atomic mass is 10.3. The molecule has 0 atom stereocenters. The molecule has 2 N–H and O–H groups in total. The summed E-state index contributed by atoms with van der Waals surface area (Å²) in [4.78, 5) is 22.4. The van der Waals surface area contributed by atoms with Crippen LogP contribution in [0.1, 0.15) is 12.5 Å². The number of hydrogen-bond donors (Lipinski definition) is 2. The second-order valence-electron chi connectivity index (χ2n) is 3.46. The maximum absolute atomic E-state index is 11.4. The maximum Gasteiger partial charge on any atom is 0.407 e. The third kappa shape index (κ3) is 6.97. The van der Waals surface area contributed by atoms with Crippen LogP contribution in [0.5, 0.6) is 0 Å². The number of thiophene rings is 1. The first-order chi connectivity index (χ1) is 9.11. The SMILES string of the molecule is CCOC(=O)NCCNC(=O)/C=C\c1csc(Br)c1. The minimum Gasteiger partial charge on any atom is -0.450 e. The highest BCUT2D eigenvalue weighted by Gasteiger charge is 1.99. The van der Waals surface area contributed by atoms with Crippen molar-refractivity contribution >= 4 is 45.3 Å². The van der Waals surface area contributed by atoms with E-state index in [1.165, 1.54) is 6.08 Å². The fourth-order valence-electron chi connectivity index (χ4n) is 1.17.